The van der Waals surface area contributed by atoms with Crippen molar-refractivity contribution in [2.75, 3.05) is 19.0 Å². The van der Waals surface area contributed by atoms with Crippen molar-refractivity contribution in [3.05, 3.63) is 124 Å². The number of hydrogen-bond acceptors (Lipinski definition) is 3. The van der Waals surface area contributed by atoms with Gasteiger partial charge in [0.2, 0.25) is 0 Å². The summed E-state index contributed by atoms with van der Waals surface area (Å²) in [5.74, 6) is 13.4. The Balaban J connectivity index is 1.60. The number of nitriles is 2. The van der Waals surface area contributed by atoms with E-state index in [1.165, 1.54) is 27.1 Å². The fraction of sp³-hybridized carbons (Fsp3) is 0.0811. The molecular weight excluding hydrogens is 486 g/mol. The monoisotopic (exact) mass is 509 g/mol. The molecule has 0 aromatic heterocycles. The lowest BCUT2D eigenvalue weighted by atomic mass is 9.87. The van der Waals surface area contributed by atoms with E-state index in [0.29, 0.717) is 11.1 Å². The normalized spacial score (nSPS) is 10.4. The third-order valence-electron chi connectivity index (χ3n) is 7.28. The minimum atomic E-state index is 0.622. The molecular formula is C37H23N3. The largest absolute Gasteiger partial charge is 0.377 e. The molecule has 186 valence electrons. The molecule has 0 aliphatic rings. The summed E-state index contributed by atoms with van der Waals surface area (Å²) in [5, 5.41) is 25.2. The van der Waals surface area contributed by atoms with Gasteiger partial charge in [0, 0.05) is 52.8 Å². The molecule has 0 heterocycles. The van der Waals surface area contributed by atoms with Crippen LogP contribution < -0.4 is 4.90 Å². The van der Waals surface area contributed by atoms with E-state index in [9.17, 15) is 0 Å². The third-order valence-corrected chi connectivity index (χ3v) is 7.28. The molecule has 0 saturated heterocycles. The van der Waals surface area contributed by atoms with Crippen LogP contribution in [0.15, 0.2) is 84.9 Å². The zero-order chi connectivity index (χ0) is 27.8. The van der Waals surface area contributed by atoms with Crippen LogP contribution in [-0.2, 0) is 0 Å². The molecule has 40 heavy (non-hydrogen) atoms. The van der Waals surface area contributed by atoms with Crippen molar-refractivity contribution in [2.45, 2.75) is 6.92 Å². The number of hydrogen-bond donors (Lipinski definition) is 0. The highest BCUT2D eigenvalue weighted by atomic mass is 15.1. The highest BCUT2D eigenvalue weighted by Gasteiger charge is 2.17. The highest BCUT2D eigenvalue weighted by molar-refractivity contribution is 6.27. The minimum Gasteiger partial charge on any atom is -0.377 e. The fourth-order valence-electron chi connectivity index (χ4n) is 5.26. The number of benzene rings is 6. The first-order valence-corrected chi connectivity index (χ1v) is 12.9. The molecule has 0 spiro atoms. The molecule has 0 saturated carbocycles. The first-order chi connectivity index (χ1) is 19.5. The van der Waals surface area contributed by atoms with E-state index >= 15 is 0 Å². The molecule has 6 aromatic rings. The van der Waals surface area contributed by atoms with Crippen molar-refractivity contribution < 1.29 is 0 Å². The van der Waals surface area contributed by atoms with Crippen LogP contribution in [0.1, 0.15) is 38.9 Å². The van der Waals surface area contributed by atoms with E-state index in [1.807, 2.05) is 24.3 Å². The maximum atomic E-state index is 9.11. The van der Waals surface area contributed by atoms with Gasteiger partial charge in [-0.15, -0.1) is 0 Å². The topological polar surface area (TPSA) is 50.8 Å². The van der Waals surface area contributed by atoms with Crippen LogP contribution in [-0.4, -0.2) is 14.1 Å². The lowest BCUT2D eigenvalue weighted by molar-refractivity contribution is 1.14. The quantitative estimate of drug-likeness (QED) is 0.170. The summed E-state index contributed by atoms with van der Waals surface area (Å²) in [4.78, 5) is 2.14. The first-order valence-electron chi connectivity index (χ1n) is 12.9. The Hall–Kier alpha value is -5.74. The van der Waals surface area contributed by atoms with Gasteiger partial charge < -0.3 is 4.90 Å². The van der Waals surface area contributed by atoms with Crippen molar-refractivity contribution in [1.29, 1.82) is 10.5 Å². The van der Waals surface area contributed by atoms with Crippen molar-refractivity contribution in [3.63, 3.8) is 0 Å². The third kappa shape index (κ3) is 4.24. The summed E-state index contributed by atoms with van der Waals surface area (Å²) in [6.07, 6.45) is 0. The minimum absolute atomic E-state index is 0.622. The van der Waals surface area contributed by atoms with E-state index in [4.69, 9.17) is 10.5 Å². The Morgan fingerprint density at radius 3 is 1.43 bits per heavy atom. The molecule has 0 N–H and O–H groups in total. The van der Waals surface area contributed by atoms with Crippen LogP contribution in [0.25, 0.3) is 32.3 Å². The zero-order valence-electron chi connectivity index (χ0n) is 22.4. The Bertz CT molecular complexity index is 2150. The molecule has 0 fully saturated rings. The van der Waals surface area contributed by atoms with Gasteiger partial charge in [-0.1, -0.05) is 47.9 Å². The molecule has 0 atom stereocenters. The summed E-state index contributed by atoms with van der Waals surface area (Å²) in [7, 11) is 4.12. The summed E-state index contributed by atoms with van der Waals surface area (Å²) in [6.45, 7) is 2.14. The Kier molecular flexibility index (Phi) is 6.06. The molecule has 0 amide bonds. The number of nitrogens with zero attached hydrogens (tertiary/aromatic N) is 3. The first kappa shape index (κ1) is 24.6. The second-order valence-electron chi connectivity index (χ2n) is 10.0. The van der Waals surface area contributed by atoms with Gasteiger partial charge in [0.05, 0.1) is 23.3 Å². The van der Waals surface area contributed by atoms with Gasteiger partial charge in [0.25, 0.3) is 0 Å². The average molecular weight is 510 g/mol. The van der Waals surface area contributed by atoms with Gasteiger partial charge in [0.15, 0.2) is 0 Å². The van der Waals surface area contributed by atoms with E-state index in [2.05, 4.69) is 98.1 Å². The Labute approximate surface area is 233 Å². The zero-order valence-corrected chi connectivity index (χ0v) is 22.4. The lowest BCUT2D eigenvalue weighted by Crippen LogP contribution is -2.10. The van der Waals surface area contributed by atoms with Crippen molar-refractivity contribution in [2.24, 2.45) is 0 Å². The molecule has 0 unspecified atom stereocenters. The van der Waals surface area contributed by atoms with Gasteiger partial charge >= 0.3 is 0 Å². The van der Waals surface area contributed by atoms with Crippen LogP contribution in [0.4, 0.5) is 5.69 Å². The SMILES string of the molecule is Cc1cc(C#Cc2ccc(C#N)cc2)c2ccc3c(N(C)C)cc(C#Cc4ccc(C#N)cc4)c4ccc1c2c43. The van der Waals surface area contributed by atoms with Gasteiger partial charge in [-0.3, -0.25) is 0 Å². The molecule has 0 bridgehead atoms. The number of aryl methyl sites for hydroxylation is 1. The van der Waals surface area contributed by atoms with Crippen LogP contribution >= 0.6 is 0 Å². The molecule has 0 aliphatic carbocycles. The van der Waals surface area contributed by atoms with Gasteiger partial charge in [-0.25, -0.2) is 0 Å². The molecule has 6 rings (SSSR count). The second-order valence-corrected chi connectivity index (χ2v) is 10.0. The second kappa shape index (κ2) is 9.86. The van der Waals surface area contributed by atoms with Gasteiger partial charge in [-0.2, -0.15) is 10.5 Å². The molecule has 3 heteroatoms. The Morgan fingerprint density at radius 2 is 0.925 bits per heavy atom. The lowest BCUT2D eigenvalue weighted by Gasteiger charge is -2.21. The average Bonchev–Trinajstić information content (AvgIpc) is 2.99. The summed E-state index contributed by atoms with van der Waals surface area (Å²) < 4.78 is 0. The van der Waals surface area contributed by atoms with E-state index in [0.717, 1.165) is 38.7 Å². The fourth-order valence-corrected chi connectivity index (χ4v) is 5.26. The predicted octanol–water partition coefficient (Wildman–Crippen LogP) is 7.50. The van der Waals surface area contributed by atoms with E-state index in [-0.39, 0.29) is 0 Å². The maximum Gasteiger partial charge on any atom is 0.0991 e. The molecule has 3 nitrogen and oxygen atoms in total. The predicted molar refractivity (Wildman–Crippen MR) is 163 cm³/mol. The van der Waals surface area contributed by atoms with Crippen molar-refractivity contribution in [3.8, 4) is 35.8 Å². The highest BCUT2D eigenvalue weighted by Crippen LogP contribution is 2.42. The Morgan fingerprint density at radius 1 is 0.500 bits per heavy atom. The van der Waals surface area contributed by atoms with E-state index < -0.39 is 0 Å². The summed E-state index contributed by atoms with van der Waals surface area (Å²) >= 11 is 0. The van der Waals surface area contributed by atoms with Crippen LogP contribution in [0.5, 0.6) is 0 Å². The van der Waals surface area contributed by atoms with Crippen LogP contribution in [0, 0.1) is 53.3 Å². The summed E-state index contributed by atoms with van der Waals surface area (Å²) in [6, 6.07) is 32.1. The van der Waals surface area contributed by atoms with Crippen molar-refractivity contribution >= 4 is 38.0 Å². The number of anilines is 1. The smallest absolute Gasteiger partial charge is 0.0991 e. The molecule has 6 aromatic carbocycles. The standard InChI is InChI=1S/C37H23N3/c1-24-20-29(14-12-25-4-8-27(22-38)9-5-25)32-18-19-34-35(40(2)3)21-30(33-17-16-31(24)36(32)37(33)34)15-13-26-6-10-28(23-39)11-7-26/h4-11,16-21H,1-3H3. The van der Waals surface area contributed by atoms with Crippen LogP contribution in [0.3, 0.4) is 0 Å². The van der Waals surface area contributed by atoms with Crippen LogP contribution in [0.2, 0.25) is 0 Å². The van der Waals surface area contributed by atoms with Gasteiger partial charge in [0.1, 0.15) is 0 Å². The molecule has 0 radical (unpaired) electrons. The van der Waals surface area contributed by atoms with Crippen molar-refractivity contribution in [1.82, 2.24) is 0 Å². The maximum absolute atomic E-state index is 9.11. The van der Waals surface area contributed by atoms with Gasteiger partial charge in [-0.05, 0) is 94.7 Å². The number of rotatable bonds is 1. The molecule has 0 aliphatic heterocycles. The van der Waals surface area contributed by atoms with E-state index in [1.54, 1.807) is 24.3 Å². The summed E-state index contributed by atoms with van der Waals surface area (Å²) in [5.41, 5.74) is 7.20.